The van der Waals surface area contributed by atoms with Gasteiger partial charge < -0.3 is 10.8 Å². The highest BCUT2D eigenvalue weighted by atomic mass is 35.5. The molecule has 6 heteroatoms. The Hall–Kier alpha value is -0.840. The van der Waals surface area contributed by atoms with Gasteiger partial charge in [0.2, 0.25) is 0 Å². The summed E-state index contributed by atoms with van der Waals surface area (Å²) in [5, 5.41) is 11.6. The predicted octanol–water partition coefficient (Wildman–Crippen LogP) is 4.56. The van der Waals surface area contributed by atoms with Gasteiger partial charge in [-0.25, -0.2) is 4.39 Å². The molecule has 3 N–H and O–H groups in total. The second-order valence-corrected chi connectivity index (χ2v) is 5.87. The van der Waals surface area contributed by atoms with Gasteiger partial charge in [0.25, 0.3) is 0 Å². The van der Waals surface area contributed by atoms with Crippen LogP contribution >= 0.6 is 34.8 Å². The van der Waals surface area contributed by atoms with Crippen LogP contribution in [-0.4, -0.2) is 11.7 Å². The zero-order valence-corrected chi connectivity index (χ0v) is 13.1. The molecule has 2 unspecified atom stereocenters. The highest BCUT2D eigenvalue weighted by molar-refractivity contribution is 6.35. The third-order valence-corrected chi connectivity index (χ3v) is 4.17. The van der Waals surface area contributed by atoms with Crippen molar-refractivity contribution in [3.8, 4) is 0 Å². The predicted molar refractivity (Wildman–Crippen MR) is 84.6 cm³/mol. The average Bonchev–Trinajstić information content (AvgIpc) is 2.41. The molecule has 0 amide bonds. The number of rotatable bonds is 4. The summed E-state index contributed by atoms with van der Waals surface area (Å²) < 4.78 is 13.1. The summed E-state index contributed by atoms with van der Waals surface area (Å²) >= 11 is 18.0. The SMILES string of the molecule is NCC(c1ccc(F)cc1Cl)C(O)c1ccc(Cl)cc1Cl. The van der Waals surface area contributed by atoms with Crippen LogP contribution in [0.2, 0.25) is 15.1 Å². The molecule has 0 aliphatic heterocycles. The number of halogens is 4. The third-order valence-electron chi connectivity index (χ3n) is 3.28. The highest BCUT2D eigenvalue weighted by Gasteiger charge is 2.25. The van der Waals surface area contributed by atoms with Crippen LogP contribution in [0.15, 0.2) is 36.4 Å². The Labute approximate surface area is 137 Å². The smallest absolute Gasteiger partial charge is 0.124 e. The van der Waals surface area contributed by atoms with Crippen molar-refractivity contribution >= 4 is 34.8 Å². The second kappa shape index (κ2) is 6.95. The number of nitrogens with two attached hydrogens (primary N) is 1. The quantitative estimate of drug-likeness (QED) is 0.850. The number of hydrogen-bond acceptors (Lipinski definition) is 2. The Kier molecular flexibility index (Phi) is 5.47. The second-order valence-electron chi connectivity index (χ2n) is 4.62. The molecule has 0 bridgehead atoms. The van der Waals surface area contributed by atoms with Gasteiger partial charge in [0.15, 0.2) is 0 Å². The van der Waals surface area contributed by atoms with E-state index in [1.54, 1.807) is 18.2 Å². The normalized spacial score (nSPS) is 14.0. The molecule has 0 aromatic heterocycles. The largest absolute Gasteiger partial charge is 0.388 e. The van der Waals surface area contributed by atoms with Gasteiger partial charge in [-0.05, 0) is 35.4 Å². The van der Waals surface area contributed by atoms with Crippen LogP contribution in [0.4, 0.5) is 4.39 Å². The number of hydrogen-bond donors (Lipinski definition) is 2. The van der Waals surface area contributed by atoms with Crippen molar-refractivity contribution < 1.29 is 9.50 Å². The van der Waals surface area contributed by atoms with E-state index in [-0.39, 0.29) is 11.6 Å². The van der Waals surface area contributed by atoms with E-state index in [0.717, 1.165) is 0 Å². The maximum Gasteiger partial charge on any atom is 0.124 e. The van der Waals surface area contributed by atoms with E-state index >= 15 is 0 Å². The molecule has 21 heavy (non-hydrogen) atoms. The fourth-order valence-corrected chi connectivity index (χ4v) is 3.01. The first-order chi connectivity index (χ1) is 9.93. The van der Waals surface area contributed by atoms with Crippen molar-refractivity contribution in [2.75, 3.05) is 6.54 Å². The lowest BCUT2D eigenvalue weighted by Gasteiger charge is -2.24. The Balaban J connectivity index is 2.40. The van der Waals surface area contributed by atoms with Gasteiger partial charge in [0.1, 0.15) is 5.82 Å². The summed E-state index contributed by atoms with van der Waals surface area (Å²) in [6, 6.07) is 8.79. The Morgan fingerprint density at radius 3 is 2.19 bits per heavy atom. The van der Waals surface area contributed by atoms with E-state index in [0.29, 0.717) is 21.2 Å². The number of aliphatic hydroxyl groups excluding tert-OH is 1. The van der Waals surface area contributed by atoms with Crippen LogP contribution in [0.1, 0.15) is 23.1 Å². The average molecular weight is 349 g/mol. The van der Waals surface area contributed by atoms with Crippen LogP contribution < -0.4 is 5.73 Å². The van der Waals surface area contributed by atoms with Gasteiger partial charge in [0, 0.05) is 27.5 Å². The van der Waals surface area contributed by atoms with Crippen molar-refractivity contribution in [2.24, 2.45) is 5.73 Å². The topological polar surface area (TPSA) is 46.2 Å². The molecule has 0 aliphatic rings. The van der Waals surface area contributed by atoms with E-state index in [1.165, 1.54) is 18.2 Å². The zero-order valence-electron chi connectivity index (χ0n) is 10.9. The Morgan fingerprint density at radius 1 is 1.00 bits per heavy atom. The standard InChI is InChI=1S/C15H13Cl3FNO/c16-8-1-3-11(13(17)5-8)15(21)12(7-20)10-4-2-9(19)6-14(10)18/h1-6,12,15,21H,7,20H2. The van der Waals surface area contributed by atoms with Crippen LogP contribution in [0.5, 0.6) is 0 Å². The van der Waals surface area contributed by atoms with Gasteiger partial charge in [-0.15, -0.1) is 0 Å². The fraction of sp³-hybridized carbons (Fsp3) is 0.200. The van der Waals surface area contributed by atoms with Gasteiger partial charge in [0.05, 0.1) is 6.10 Å². The minimum absolute atomic E-state index is 0.130. The van der Waals surface area contributed by atoms with Gasteiger partial charge in [-0.1, -0.05) is 46.9 Å². The number of aliphatic hydroxyl groups is 1. The maximum absolute atomic E-state index is 13.1. The van der Waals surface area contributed by atoms with Crippen molar-refractivity contribution in [2.45, 2.75) is 12.0 Å². The maximum atomic E-state index is 13.1. The molecule has 112 valence electrons. The molecule has 0 saturated heterocycles. The van der Waals surface area contributed by atoms with Crippen molar-refractivity contribution in [1.82, 2.24) is 0 Å². The molecular formula is C15H13Cl3FNO. The molecule has 2 nitrogen and oxygen atoms in total. The van der Waals surface area contributed by atoms with Gasteiger partial charge in [-0.2, -0.15) is 0 Å². The molecule has 0 saturated carbocycles. The summed E-state index contributed by atoms with van der Waals surface area (Å²) in [5.74, 6) is -0.949. The van der Waals surface area contributed by atoms with Crippen molar-refractivity contribution in [3.05, 3.63) is 68.4 Å². The van der Waals surface area contributed by atoms with E-state index in [4.69, 9.17) is 40.5 Å². The molecule has 2 rings (SSSR count). The molecule has 2 aromatic rings. The lowest BCUT2D eigenvalue weighted by molar-refractivity contribution is 0.147. The van der Waals surface area contributed by atoms with Crippen molar-refractivity contribution in [3.63, 3.8) is 0 Å². The molecule has 0 spiro atoms. The minimum atomic E-state index is -0.970. The highest BCUT2D eigenvalue weighted by Crippen LogP contribution is 2.37. The van der Waals surface area contributed by atoms with E-state index in [2.05, 4.69) is 0 Å². The van der Waals surface area contributed by atoms with Gasteiger partial charge >= 0.3 is 0 Å². The van der Waals surface area contributed by atoms with Crippen LogP contribution in [-0.2, 0) is 0 Å². The van der Waals surface area contributed by atoms with E-state index < -0.39 is 17.8 Å². The molecular weight excluding hydrogens is 336 g/mol. The first kappa shape index (κ1) is 16.5. The summed E-state index contributed by atoms with van der Waals surface area (Å²) in [4.78, 5) is 0. The fourth-order valence-electron chi connectivity index (χ4n) is 2.19. The zero-order chi connectivity index (χ0) is 15.6. The van der Waals surface area contributed by atoms with Crippen LogP contribution in [0.3, 0.4) is 0 Å². The Bertz CT molecular complexity index is 651. The molecule has 0 heterocycles. The Morgan fingerprint density at radius 2 is 1.62 bits per heavy atom. The first-order valence-corrected chi connectivity index (χ1v) is 7.35. The number of benzene rings is 2. The molecule has 0 fully saturated rings. The summed E-state index contributed by atoms with van der Waals surface area (Å²) in [6.45, 7) is 0.130. The lowest BCUT2D eigenvalue weighted by atomic mass is 9.89. The molecule has 0 radical (unpaired) electrons. The van der Waals surface area contributed by atoms with Crippen molar-refractivity contribution in [1.29, 1.82) is 0 Å². The first-order valence-electron chi connectivity index (χ1n) is 6.22. The van der Waals surface area contributed by atoms with Gasteiger partial charge in [-0.3, -0.25) is 0 Å². The summed E-state index contributed by atoms with van der Waals surface area (Å²) in [7, 11) is 0. The van der Waals surface area contributed by atoms with E-state index in [1.807, 2.05) is 0 Å². The minimum Gasteiger partial charge on any atom is -0.388 e. The summed E-state index contributed by atoms with van der Waals surface area (Å²) in [5.41, 5.74) is 6.81. The lowest BCUT2D eigenvalue weighted by Crippen LogP contribution is -2.21. The monoisotopic (exact) mass is 347 g/mol. The van der Waals surface area contributed by atoms with Crippen LogP contribution in [0, 0.1) is 5.82 Å². The third kappa shape index (κ3) is 3.68. The summed E-state index contributed by atoms with van der Waals surface area (Å²) in [6.07, 6.45) is -0.970. The molecule has 2 atom stereocenters. The van der Waals surface area contributed by atoms with Crippen LogP contribution in [0.25, 0.3) is 0 Å². The molecule has 0 aliphatic carbocycles. The molecule has 2 aromatic carbocycles. The van der Waals surface area contributed by atoms with E-state index in [9.17, 15) is 9.50 Å².